The van der Waals surface area contributed by atoms with E-state index in [4.69, 9.17) is 0 Å². The zero-order valence-corrected chi connectivity index (χ0v) is 15.8. The SMILES string of the molecule is CC(c1nc2ccccc2s1)N(C)C(=O)c1cccc(S(C)(=O)=O)c1. The first-order chi connectivity index (χ1) is 11.8. The lowest BCUT2D eigenvalue weighted by Crippen LogP contribution is -2.29. The van der Waals surface area contributed by atoms with Gasteiger partial charge in [-0.1, -0.05) is 18.2 Å². The van der Waals surface area contributed by atoms with Crippen molar-refractivity contribution in [2.24, 2.45) is 0 Å². The van der Waals surface area contributed by atoms with Crippen LogP contribution in [0.25, 0.3) is 10.2 Å². The molecular formula is C18H18N2O3S2. The van der Waals surface area contributed by atoms with Gasteiger partial charge in [0.15, 0.2) is 9.84 Å². The zero-order valence-electron chi connectivity index (χ0n) is 14.1. The van der Waals surface area contributed by atoms with Gasteiger partial charge in [0.05, 0.1) is 21.2 Å². The van der Waals surface area contributed by atoms with Crippen molar-refractivity contribution in [3.8, 4) is 0 Å². The van der Waals surface area contributed by atoms with Gasteiger partial charge >= 0.3 is 0 Å². The summed E-state index contributed by atoms with van der Waals surface area (Å²) < 4.78 is 24.5. The summed E-state index contributed by atoms with van der Waals surface area (Å²) in [6.45, 7) is 1.91. The van der Waals surface area contributed by atoms with E-state index < -0.39 is 9.84 Å². The van der Waals surface area contributed by atoms with Crippen molar-refractivity contribution in [1.82, 2.24) is 9.88 Å². The average molecular weight is 374 g/mol. The summed E-state index contributed by atoms with van der Waals surface area (Å²) >= 11 is 1.55. The van der Waals surface area contributed by atoms with Gasteiger partial charge in [-0.3, -0.25) is 4.79 Å². The minimum atomic E-state index is -3.36. The Hall–Kier alpha value is -2.25. The molecule has 0 radical (unpaired) electrons. The van der Waals surface area contributed by atoms with Gasteiger partial charge in [0.25, 0.3) is 5.91 Å². The molecule has 3 aromatic rings. The summed E-state index contributed by atoms with van der Waals surface area (Å²) in [4.78, 5) is 19.1. The molecule has 1 unspecified atom stereocenters. The molecule has 25 heavy (non-hydrogen) atoms. The third kappa shape index (κ3) is 3.57. The fourth-order valence-electron chi connectivity index (χ4n) is 2.47. The number of carbonyl (C=O) groups is 1. The number of rotatable bonds is 4. The van der Waals surface area contributed by atoms with Crippen molar-refractivity contribution in [3.63, 3.8) is 0 Å². The lowest BCUT2D eigenvalue weighted by Gasteiger charge is -2.23. The number of benzene rings is 2. The molecule has 1 aromatic heterocycles. The number of fused-ring (bicyclic) bond motifs is 1. The van der Waals surface area contributed by atoms with Gasteiger partial charge in [-0.15, -0.1) is 11.3 Å². The third-order valence-corrected chi connectivity index (χ3v) is 6.40. The van der Waals surface area contributed by atoms with E-state index in [0.29, 0.717) is 5.56 Å². The quantitative estimate of drug-likeness (QED) is 0.701. The summed E-state index contributed by atoms with van der Waals surface area (Å²) in [5.41, 5.74) is 1.26. The molecular weight excluding hydrogens is 356 g/mol. The van der Waals surface area contributed by atoms with Crippen LogP contribution < -0.4 is 0 Å². The van der Waals surface area contributed by atoms with E-state index in [9.17, 15) is 13.2 Å². The topological polar surface area (TPSA) is 67.3 Å². The van der Waals surface area contributed by atoms with Crippen LogP contribution in [0.3, 0.4) is 0 Å². The summed E-state index contributed by atoms with van der Waals surface area (Å²) in [6, 6.07) is 13.7. The molecule has 0 fully saturated rings. The molecule has 0 N–H and O–H groups in total. The number of amides is 1. The first kappa shape index (κ1) is 17.6. The van der Waals surface area contributed by atoms with E-state index in [1.54, 1.807) is 35.4 Å². The molecule has 0 saturated heterocycles. The Kier molecular flexibility index (Phi) is 4.62. The van der Waals surface area contributed by atoms with E-state index in [2.05, 4.69) is 4.98 Å². The van der Waals surface area contributed by atoms with Gasteiger partial charge in [0.1, 0.15) is 5.01 Å². The molecule has 0 bridgehead atoms. The standard InChI is InChI=1S/C18H18N2O3S2/c1-12(17-19-15-9-4-5-10-16(15)24-17)20(2)18(21)13-7-6-8-14(11-13)25(3,22)23/h4-12H,1-3H3. The number of hydrogen-bond donors (Lipinski definition) is 0. The molecule has 5 nitrogen and oxygen atoms in total. The van der Waals surface area contributed by atoms with Crippen LogP contribution in [0.4, 0.5) is 0 Å². The molecule has 3 rings (SSSR count). The van der Waals surface area contributed by atoms with Crippen molar-refractivity contribution in [2.45, 2.75) is 17.9 Å². The second-order valence-electron chi connectivity index (χ2n) is 5.91. The molecule has 2 aromatic carbocycles. The first-order valence-corrected chi connectivity index (χ1v) is 10.4. The monoisotopic (exact) mass is 374 g/mol. The molecule has 1 heterocycles. The van der Waals surface area contributed by atoms with E-state index in [1.165, 1.54) is 12.1 Å². The Labute approximate surface area is 150 Å². The van der Waals surface area contributed by atoms with Crippen LogP contribution in [0.2, 0.25) is 0 Å². The van der Waals surface area contributed by atoms with Gasteiger partial charge in [-0.2, -0.15) is 0 Å². The summed E-state index contributed by atoms with van der Waals surface area (Å²) in [6.07, 6.45) is 1.13. The number of thiazole rings is 1. The molecule has 0 aliphatic rings. The number of sulfone groups is 1. The maximum Gasteiger partial charge on any atom is 0.254 e. The van der Waals surface area contributed by atoms with E-state index in [0.717, 1.165) is 21.5 Å². The third-order valence-electron chi connectivity index (χ3n) is 4.08. The fraction of sp³-hybridized carbons (Fsp3) is 0.222. The Morgan fingerprint density at radius 1 is 1.16 bits per heavy atom. The highest BCUT2D eigenvalue weighted by atomic mass is 32.2. The van der Waals surface area contributed by atoms with Gasteiger partial charge < -0.3 is 4.90 Å². The van der Waals surface area contributed by atoms with Crippen LogP contribution in [-0.4, -0.2) is 37.5 Å². The summed E-state index contributed by atoms with van der Waals surface area (Å²) in [5.74, 6) is -0.239. The number of carbonyl (C=O) groups excluding carboxylic acids is 1. The Morgan fingerprint density at radius 3 is 2.56 bits per heavy atom. The minimum Gasteiger partial charge on any atom is -0.333 e. The van der Waals surface area contributed by atoms with E-state index >= 15 is 0 Å². The normalized spacial score (nSPS) is 12.9. The van der Waals surface area contributed by atoms with Gasteiger partial charge in [-0.25, -0.2) is 13.4 Å². The highest BCUT2D eigenvalue weighted by Gasteiger charge is 2.22. The summed E-state index contributed by atoms with van der Waals surface area (Å²) in [5, 5.41) is 0.844. The Bertz CT molecular complexity index is 1010. The number of aromatic nitrogens is 1. The average Bonchev–Trinajstić information content (AvgIpc) is 3.03. The minimum absolute atomic E-state index is 0.138. The second-order valence-corrected chi connectivity index (χ2v) is 8.99. The molecule has 0 aliphatic carbocycles. The lowest BCUT2D eigenvalue weighted by molar-refractivity contribution is 0.0742. The van der Waals surface area contributed by atoms with Crippen LogP contribution >= 0.6 is 11.3 Å². The maximum absolute atomic E-state index is 12.8. The van der Waals surface area contributed by atoms with Crippen molar-refractivity contribution in [1.29, 1.82) is 0 Å². The number of para-hydroxylation sites is 1. The lowest BCUT2D eigenvalue weighted by atomic mass is 10.2. The molecule has 7 heteroatoms. The van der Waals surface area contributed by atoms with Gasteiger partial charge in [-0.05, 0) is 37.3 Å². The van der Waals surface area contributed by atoms with E-state index in [1.807, 2.05) is 31.2 Å². The predicted octanol–water partition coefficient (Wildman–Crippen LogP) is 3.53. The van der Waals surface area contributed by atoms with Crippen LogP contribution in [0, 0.1) is 0 Å². The molecule has 1 atom stereocenters. The predicted molar refractivity (Wildman–Crippen MR) is 99.7 cm³/mol. The highest BCUT2D eigenvalue weighted by Crippen LogP contribution is 2.29. The van der Waals surface area contributed by atoms with Crippen molar-refractivity contribution in [3.05, 3.63) is 59.1 Å². The molecule has 130 valence electrons. The van der Waals surface area contributed by atoms with Gasteiger partial charge in [0, 0.05) is 18.9 Å². The van der Waals surface area contributed by atoms with Gasteiger partial charge in [0.2, 0.25) is 0 Å². The smallest absolute Gasteiger partial charge is 0.254 e. The van der Waals surface area contributed by atoms with E-state index in [-0.39, 0.29) is 16.8 Å². The Morgan fingerprint density at radius 2 is 1.88 bits per heavy atom. The van der Waals surface area contributed by atoms with Crippen molar-refractivity contribution in [2.75, 3.05) is 13.3 Å². The maximum atomic E-state index is 12.8. The largest absolute Gasteiger partial charge is 0.333 e. The molecule has 1 amide bonds. The van der Waals surface area contributed by atoms with Crippen molar-refractivity contribution < 1.29 is 13.2 Å². The van der Waals surface area contributed by atoms with Crippen molar-refractivity contribution >= 4 is 37.3 Å². The Balaban J connectivity index is 1.89. The first-order valence-electron chi connectivity index (χ1n) is 7.70. The second kappa shape index (κ2) is 6.57. The zero-order chi connectivity index (χ0) is 18.2. The van der Waals surface area contributed by atoms with Crippen LogP contribution in [-0.2, 0) is 9.84 Å². The molecule has 0 spiro atoms. The highest BCUT2D eigenvalue weighted by molar-refractivity contribution is 7.90. The molecule has 0 aliphatic heterocycles. The number of hydrogen-bond acceptors (Lipinski definition) is 5. The van der Waals surface area contributed by atoms with Crippen LogP contribution in [0.5, 0.6) is 0 Å². The summed E-state index contributed by atoms with van der Waals surface area (Å²) in [7, 11) is -1.65. The van der Waals surface area contributed by atoms with Crippen LogP contribution in [0.1, 0.15) is 28.3 Å². The fourth-order valence-corrected chi connectivity index (χ4v) is 4.20. The number of nitrogens with zero attached hydrogens (tertiary/aromatic N) is 2. The van der Waals surface area contributed by atoms with Crippen LogP contribution in [0.15, 0.2) is 53.4 Å². The molecule has 0 saturated carbocycles.